The summed E-state index contributed by atoms with van der Waals surface area (Å²) >= 11 is 0. The second kappa shape index (κ2) is 7.64. The van der Waals surface area contributed by atoms with Gasteiger partial charge in [0, 0.05) is 19.9 Å². The average Bonchev–Trinajstić information content (AvgIpc) is 2.48. The van der Waals surface area contributed by atoms with E-state index in [0.717, 1.165) is 17.7 Å². The summed E-state index contributed by atoms with van der Waals surface area (Å²) in [5.41, 5.74) is 4.74. The third-order valence-electron chi connectivity index (χ3n) is 3.51. The Kier molecular flexibility index (Phi) is 5.59. The van der Waals surface area contributed by atoms with Gasteiger partial charge in [0.1, 0.15) is 5.75 Å². The van der Waals surface area contributed by atoms with Crippen molar-refractivity contribution in [3.63, 3.8) is 0 Å². The average molecular weight is 297 g/mol. The molecule has 0 aromatic heterocycles. The van der Waals surface area contributed by atoms with Crippen molar-refractivity contribution < 1.29 is 9.53 Å². The number of hydrogen-bond donors (Lipinski definition) is 1. The Morgan fingerprint density at radius 3 is 2.59 bits per heavy atom. The molecule has 0 radical (unpaired) electrons. The molecule has 0 saturated heterocycles. The zero-order valence-electron chi connectivity index (χ0n) is 13.5. The highest BCUT2D eigenvalue weighted by Crippen LogP contribution is 2.19. The summed E-state index contributed by atoms with van der Waals surface area (Å²) in [6, 6.07) is 14.5. The van der Waals surface area contributed by atoms with Gasteiger partial charge in [-0.2, -0.15) is 0 Å². The lowest BCUT2D eigenvalue weighted by Crippen LogP contribution is -2.18. The van der Waals surface area contributed by atoms with Crippen molar-refractivity contribution in [2.45, 2.75) is 33.7 Å². The number of carbonyl (C=O) groups excluding carboxylic acids is 1. The third-order valence-corrected chi connectivity index (χ3v) is 3.51. The predicted octanol–water partition coefficient (Wildman–Crippen LogP) is 3.56. The van der Waals surface area contributed by atoms with E-state index in [1.807, 2.05) is 18.2 Å². The topological polar surface area (TPSA) is 38.3 Å². The van der Waals surface area contributed by atoms with Crippen LogP contribution in [0, 0.1) is 13.8 Å². The molecule has 0 saturated carbocycles. The number of carbonyl (C=O) groups is 1. The Morgan fingerprint density at radius 2 is 1.86 bits per heavy atom. The second-order valence-corrected chi connectivity index (χ2v) is 5.60. The molecule has 0 heterocycles. The van der Waals surface area contributed by atoms with Gasteiger partial charge in [-0.3, -0.25) is 4.79 Å². The summed E-state index contributed by atoms with van der Waals surface area (Å²) in [7, 11) is 0. The number of nitrogens with one attached hydrogen (secondary N) is 1. The van der Waals surface area contributed by atoms with E-state index in [-0.39, 0.29) is 5.91 Å². The molecule has 3 nitrogen and oxygen atoms in total. The van der Waals surface area contributed by atoms with Gasteiger partial charge >= 0.3 is 0 Å². The van der Waals surface area contributed by atoms with Gasteiger partial charge in [-0.25, -0.2) is 0 Å². The van der Waals surface area contributed by atoms with E-state index in [0.29, 0.717) is 13.2 Å². The molecule has 1 amide bonds. The second-order valence-electron chi connectivity index (χ2n) is 5.60. The summed E-state index contributed by atoms with van der Waals surface area (Å²) in [6.45, 7) is 6.89. The lowest BCUT2D eigenvalue weighted by Gasteiger charge is -2.10. The number of ether oxygens (including phenoxy) is 1. The Hall–Kier alpha value is -2.29. The van der Waals surface area contributed by atoms with Crippen LogP contribution in [0.2, 0.25) is 0 Å². The molecule has 0 bridgehead atoms. The molecule has 1 N–H and O–H groups in total. The Morgan fingerprint density at radius 1 is 1.09 bits per heavy atom. The highest BCUT2D eigenvalue weighted by molar-refractivity contribution is 5.72. The molecule has 0 unspecified atom stereocenters. The van der Waals surface area contributed by atoms with Gasteiger partial charge in [0.25, 0.3) is 0 Å². The van der Waals surface area contributed by atoms with Crippen LogP contribution in [0.3, 0.4) is 0 Å². The predicted molar refractivity (Wildman–Crippen MR) is 89.1 cm³/mol. The first-order chi connectivity index (χ1) is 10.5. The Balaban J connectivity index is 1.88. The number of aryl methyl sites for hydroxylation is 2. The molecule has 3 heteroatoms. The zero-order valence-corrected chi connectivity index (χ0v) is 13.5. The van der Waals surface area contributed by atoms with Crippen LogP contribution in [0.4, 0.5) is 0 Å². The Labute approximate surface area is 132 Å². The molecular formula is C19H23NO2. The minimum Gasteiger partial charge on any atom is -0.493 e. The minimum absolute atomic E-state index is 0.0106. The van der Waals surface area contributed by atoms with Crippen LogP contribution in [0.15, 0.2) is 42.5 Å². The first-order valence-electron chi connectivity index (χ1n) is 7.57. The highest BCUT2D eigenvalue weighted by atomic mass is 16.5. The SMILES string of the molecule is CC(=O)NCc1cccc(CCOc2ccc(C)cc2C)c1. The van der Waals surface area contributed by atoms with Crippen molar-refractivity contribution in [1.82, 2.24) is 5.32 Å². The van der Waals surface area contributed by atoms with Crippen LogP contribution in [0.5, 0.6) is 5.75 Å². The minimum atomic E-state index is -0.0106. The number of amides is 1. The van der Waals surface area contributed by atoms with E-state index >= 15 is 0 Å². The molecule has 116 valence electrons. The quantitative estimate of drug-likeness (QED) is 0.885. The van der Waals surface area contributed by atoms with Gasteiger partial charge in [-0.05, 0) is 36.6 Å². The van der Waals surface area contributed by atoms with Crippen LogP contribution in [-0.4, -0.2) is 12.5 Å². The molecule has 0 spiro atoms. The molecule has 0 aliphatic carbocycles. The standard InChI is InChI=1S/C19H23NO2/c1-14-7-8-19(15(2)11-14)22-10-9-17-5-4-6-18(12-17)13-20-16(3)21/h4-8,11-12H,9-10,13H2,1-3H3,(H,20,21). The van der Waals surface area contributed by atoms with E-state index in [1.54, 1.807) is 0 Å². The van der Waals surface area contributed by atoms with Gasteiger partial charge in [0.05, 0.1) is 6.61 Å². The maximum atomic E-state index is 11.0. The Bertz CT molecular complexity index is 650. The van der Waals surface area contributed by atoms with Gasteiger partial charge in [-0.15, -0.1) is 0 Å². The van der Waals surface area contributed by atoms with Crippen LogP contribution in [0.25, 0.3) is 0 Å². The zero-order chi connectivity index (χ0) is 15.9. The molecule has 2 aromatic carbocycles. The molecule has 22 heavy (non-hydrogen) atoms. The van der Waals surface area contributed by atoms with Crippen molar-refractivity contribution in [2.75, 3.05) is 6.61 Å². The van der Waals surface area contributed by atoms with Crippen LogP contribution in [-0.2, 0) is 17.8 Å². The smallest absolute Gasteiger partial charge is 0.217 e. The summed E-state index contributed by atoms with van der Waals surface area (Å²) in [5, 5.41) is 2.81. The maximum Gasteiger partial charge on any atom is 0.217 e. The van der Waals surface area contributed by atoms with E-state index < -0.39 is 0 Å². The monoisotopic (exact) mass is 297 g/mol. The summed E-state index contributed by atoms with van der Waals surface area (Å²) in [5.74, 6) is 0.934. The molecule has 0 fully saturated rings. The summed E-state index contributed by atoms with van der Waals surface area (Å²) in [6.07, 6.45) is 0.848. The van der Waals surface area contributed by atoms with Gasteiger partial charge in [0.2, 0.25) is 5.91 Å². The van der Waals surface area contributed by atoms with Crippen LogP contribution in [0.1, 0.15) is 29.2 Å². The number of hydrogen-bond acceptors (Lipinski definition) is 2. The van der Waals surface area contributed by atoms with E-state index in [1.165, 1.54) is 23.6 Å². The lowest BCUT2D eigenvalue weighted by atomic mass is 10.1. The molecular weight excluding hydrogens is 274 g/mol. The van der Waals surface area contributed by atoms with Crippen molar-refractivity contribution in [3.05, 3.63) is 64.7 Å². The lowest BCUT2D eigenvalue weighted by molar-refractivity contribution is -0.119. The fourth-order valence-electron chi connectivity index (χ4n) is 2.36. The first kappa shape index (κ1) is 16.1. The summed E-state index contributed by atoms with van der Waals surface area (Å²) < 4.78 is 5.86. The third kappa shape index (κ3) is 4.92. The van der Waals surface area contributed by atoms with Crippen LogP contribution >= 0.6 is 0 Å². The summed E-state index contributed by atoms with van der Waals surface area (Å²) in [4.78, 5) is 11.0. The fraction of sp³-hybridized carbons (Fsp3) is 0.316. The first-order valence-corrected chi connectivity index (χ1v) is 7.57. The molecule has 0 aliphatic heterocycles. The van der Waals surface area contributed by atoms with Crippen molar-refractivity contribution >= 4 is 5.91 Å². The maximum absolute atomic E-state index is 11.0. The normalized spacial score (nSPS) is 10.3. The van der Waals surface area contributed by atoms with Crippen molar-refractivity contribution in [1.29, 1.82) is 0 Å². The van der Waals surface area contributed by atoms with Gasteiger partial charge in [-0.1, -0.05) is 42.0 Å². The van der Waals surface area contributed by atoms with Crippen molar-refractivity contribution in [2.24, 2.45) is 0 Å². The number of rotatable bonds is 6. The molecule has 2 rings (SSSR count). The number of benzene rings is 2. The largest absolute Gasteiger partial charge is 0.493 e. The molecule has 2 aromatic rings. The van der Waals surface area contributed by atoms with Crippen molar-refractivity contribution in [3.8, 4) is 5.75 Å². The van der Waals surface area contributed by atoms with E-state index in [4.69, 9.17) is 4.74 Å². The van der Waals surface area contributed by atoms with Gasteiger partial charge in [0.15, 0.2) is 0 Å². The van der Waals surface area contributed by atoms with E-state index in [9.17, 15) is 4.79 Å². The molecule has 0 atom stereocenters. The highest BCUT2D eigenvalue weighted by Gasteiger charge is 2.01. The van der Waals surface area contributed by atoms with Crippen LogP contribution < -0.4 is 10.1 Å². The molecule has 0 aliphatic rings. The van der Waals surface area contributed by atoms with Gasteiger partial charge < -0.3 is 10.1 Å². The van der Waals surface area contributed by atoms with E-state index in [2.05, 4.69) is 43.4 Å². The fourth-order valence-corrected chi connectivity index (χ4v) is 2.36.